The van der Waals surface area contributed by atoms with Crippen LogP contribution in [0.15, 0.2) is 91.2 Å². The lowest BCUT2D eigenvalue weighted by Gasteiger charge is -2.32. The third-order valence-corrected chi connectivity index (χ3v) is 14.2. The second-order valence-electron chi connectivity index (χ2n) is 11.2. The van der Waals surface area contributed by atoms with Crippen LogP contribution in [0.3, 0.4) is 0 Å². The molecule has 1 aliphatic rings. The molecular weight excluding hydrogens is 821 g/mol. The van der Waals surface area contributed by atoms with E-state index in [1.54, 1.807) is 44.6 Å². The molecule has 6 aromatic rings. The SMILES string of the molecule is COc1cccc2oc(=O)c3c4c(ccc3c12)NC(C)(C)C=C4C.COc1cccc2oc(=O)c3cc(N)ccc3c12.S=S=S=S.S=S=S=S=S. The molecule has 8 nitrogen and oxygen atoms in total. The number of nitrogens with one attached hydrogen (secondary N) is 1. The Bertz CT molecular complexity index is 2640. The summed E-state index contributed by atoms with van der Waals surface area (Å²) in [5.41, 5.74) is 9.34. The molecule has 2 aromatic heterocycles. The summed E-state index contributed by atoms with van der Waals surface area (Å²) in [6.45, 7) is 6.25. The van der Waals surface area contributed by atoms with E-state index in [0.29, 0.717) is 39.1 Å². The number of benzene rings is 4. The minimum absolute atomic E-state index is 0.153. The number of nitrogen functional groups attached to an aromatic ring is 1. The molecule has 51 heavy (non-hydrogen) atoms. The van der Waals surface area contributed by atoms with Crippen molar-refractivity contribution in [3.63, 3.8) is 0 Å². The second-order valence-corrected chi connectivity index (χ2v) is 20.0. The van der Waals surface area contributed by atoms with Crippen LogP contribution in [0.1, 0.15) is 26.3 Å². The fourth-order valence-electron chi connectivity index (χ4n) is 5.86. The van der Waals surface area contributed by atoms with Gasteiger partial charge in [0.2, 0.25) is 0 Å². The number of hydrogen-bond donors (Lipinski definition) is 2. The molecule has 0 spiro atoms. The smallest absolute Gasteiger partial charge is 0.344 e. The van der Waals surface area contributed by atoms with Crippen LogP contribution in [-0.2, 0) is 89.2 Å². The first kappa shape index (κ1) is 40.5. The molecule has 3 heterocycles. The Morgan fingerprint density at radius 2 is 1.25 bits per heavy atom. The molecule has 0 saturated carbocycles. The van der Waals surface area contributed by atoms with Crippen molar-refractivity contribution >= 4 is 150 Å². The van der Waals surface area contributed by atoms with Crippen molar-refractivity contribution in [2.24, 2.45) is 0 Å². The number of ether oxygens (including phenoxy) is 2. The monoisotopic (exact) mass is 850 g/mol. The Balaban J connectivity index is 0.000000190. The molecule has 0 bridgehead atoms. The summed E-state index contributed by atoms with van der Waals surface area (Å²) >= 11 is 17.5. The summed E-state index contributed by atoms with van der Waals surface area (Å²) in [6, 6.07) is 20.0. The van der Waals surface area contributed by atoms with Gasteiger partial charge in [0.05, 0.1) is 41.3 Å². The largest absolute Gasteiger partial charge is 0.496 e. The number of anilines is 2. The van der Waals surface area contributed by atoms with Crippen molar-refractivity contribution in [3.05, 3.63) is 99.2 Å². The lowest BCUT2D eigenvalue weighted by Crippen LogP contribution is -2.31. The van der Waals surface area contributed by atoms with Crippen LogP contribution < -0.4 is 31.8 Å². The lowest BCUT2D eigenvalue weighted by atomic mass is 9.88. The van der Waals surface area contributed by atoms with Crippen molar-refractivity contribution in [2.45, 2.75) is 26.3 Å². The molecular formula is C34H30N2O6S9. The summed E-state index contributed by atoms with van der Waals surface area (Å²) < 4.78 is 21.7. The van der Waals surface area contributed by atoms with Gasteiger partial charge in [-0.15, -0.1) is 0 Å². The van der Waals surface area contributed by atoms with E-state index in [-0.39, 0.29) is 11.2 Å². The van der Waals surface area contributed by atoms with E-state index in [2.05, 4.69) is 70.0 Å². The molecule has 0 atom stereocenters. The van der Waals surface area contributed by atoms with Crippen LogP contribution in [0, 0.1) is 0 Å². The zero-order valence-corrected chi connectivity index (χ0v) is 35.0. The first-order valence-electron chi connectivity index (χ1n) is 14.6. The standard InChI is InChI=1S/C20H19NO3.C14H11NO3.S5.S4/c1-11-10-20(2,3)21-13-9-8-12-17-14(23-4)6-5-7-15(17)24-19(22)18(12)16(11)13;1-17-11-3-2-4-12-13(11)9-6-5-8(15)7-10(9)14(16)18-12;1-3-5-4-2;1-3-4-2/h5-10,21H,1-4H3;2-7H,15H2,1H3;;. The van der Waals surface area contributed by atoms with Crippen molar-refractivity contribution < 1.29 is 18.3 Å². The predicted molar refractivity (Wildman–Crippen MR) is 235 cm³/mol. The highest BCUT2D eigenvalue weighted by atomic mass is 33.3. The Morgan fingerprint density at radius 1 is 0.706 bits per heavy atom. The summed E-state index contributed by atoms with van der Waals surface area (Å²) in [6.07, 6.45) is 2.14. The number of nitrogens with two attached hydrogens (primary N) is 1. The van der Waals surface area contributed by atoms with Gasteiger partial charge < -0.3 is 29.4 Å². The number of hydrogen-bond acceptors (Lipinski definition) is 12. The molecule has 3 N–H and O–H groups in total. The van der Waals surface area contributed by atoms with Gasteiger partial charge in [0, 0.05) is 117 Å². The van der Waals surface area contributed by atoms with Gasteiger partial charge >= 0.3 is 11.3 Å². The van der Waals surface area contributed by atoms with Gasteiger partial charge in [0.25, 0.3) is 0 Å². The highest BCUT2D eigenvalue weighted by Gasteiger charge is 2.26. The highest BCUT2D eigenvalue weighted by Crippen LogP contribution is 2.40. The molecule has 266 valence electrons. The summed E-state index contributed by atoms with van der Waals surface area (Å²) in [7, 11) is 9.50. The first-order valence-corrected chi connectivity index (χ1v) is 24.0. The summed E-state index contributed by atoms with van der Waals surface area (Å²) in [4.78, 5) is 24.6. The average Bonchev–Trinajstić information content (AvgIpc) is 3.11. The average molecular weight is 851 g/mol. The van der Waals surface area contributed by atoms with Crippen LogP contribution in [0.25, 0.3) is 49.1 Å². The molecule has 0 fully saturated rings. The van der Waals surface area contributed by atoms with Crippen LogP contribution in [0.5, 0.6) is 11.5 Å². The van der Waals surface area contributed by atoms with Gasteiger partial charge in [-0.1, -0.05) is 30.3 Å². The van der Waals surface area contributed by atoms with Crippen LogP contribution in [-0.4, -0.2) is 19.8 Å². The normalized spacial score (nSPS) is 12.2. The third kappa shape index (κ3) is 9.40. The van der Waals surface area contributed by atoms with Gasteiger partial charge in [0.15, 0.2) is 0 Å². The number of rotatable bonds is 2. The molecule has 0 saturated heterocycles. The quantitative estimate of drug-likeness (QED) is 0.105. The highest BCUT2D eigenvalue weighted by molar-refractivity contribution is 8.59. The summed E-state index contributed by atoms with van der Waals surface area (Å²) in [5, 5.41) is 7.79. The maximum absolute atomic E-state index is 12.7. The van der Waals surface area contributed by atoms with E-state index in [1.165, 1.54) is 44.4 Å². The van der Waals surface area contributed by atoms with Gasteiger partial charge in [-0.25, -0.2) is 9.59 Å². The van der Waals surface area contributed by atoms with E-state index in [4.69, 9.17) is 24.0 Å². The van der Waals surface area contributed by atoms with Gasteiger partial charge in [-0.3, -0.25) is 0 Å². The molecule has 17 heteroatoms. The topological polar surface area (TPSA) is 117 Å². The predicted octanol–water partition coefficient (Wildman–Crippen LogP) is 7.08. The van der Waals surface area contributed by atoms with E-state index in [9.17, 15) is 9.59 Å². The Kier molecular flexibility index (Phi) is 14.7. The van der Waals surface area contributed by atoms with Gasteiger partial charge in [-0.2, -0.15) is 0 Å². The molecule has 7 rings (SSSR count). The van der Waals surface area contributed by atoms with E-state index in [0.717, 1.165) is 38.4 Å². The Hall–Kier alpha value is -3.26. The maximum atomic E-state index is 12.7. The molecule has 0 radical (unpaired) electrons. The molecule has 0 unspecified atom stereocenters. The van der Waals surface area contributed by atoms with E-state index < -0.39 is 5.63 Å². The van der Waals surface area contributed by atoms with Crippen molar-refractivity contribution in [2.75, 3.05) is 25.3 Å². The second kappa shape index (κ2) is 18.5. The van der Waals surface area contributed by atoms with Crippen LogP contribution in [0.2, 0.25) is 0 Å². The molecule has 4 aromatic carbocycles. The minimum Gasteiger partial charge on any atom is -0.496 e. The van der Waals surface area contributed by atoms with E-state index >= 15 is 0 Å². The first-order chi connectivity index (χ1) is 24.4. The zero-order valence-electron chi connectivity index (χ0n) is 27.6. The van der Waals surface area contributed by atoms with Crippen molar-refractivity contribution in [1.29, 1.82) is 0 Å². The van der Waals surface area contributed by atoms with Gasteiger partial charge in [-0.05, 0) is 68.8 Å². The van der Waals surface area contributed by atoms with Gasteiger partial charge in [0.1, 0.15) is 22.7 Å². The third-order valence-electron chi connectivity index (χ3n) is 7.54. The number of allylic oxidation sites excluding steroid dienone is 1. The van der Waals surface area contributed by atoms with Crippen LogP contribution >= 0.6 is 0 Å². The molecule has 0 amide bonds. The van der Waals surface area contributed by atoms with Crippen molar-refractivity contribution in [1.82, 2.24) is 0 Å². The number of methoxy groups -OCH3 is 2. The minimum atomic E-state index is -0.391. The number of fused-ring (bicyclic) bond motifs is 8. The fourth-order valence-corrected chi connectivity index (χ4v) is 8.61. The van der Waals surface area contributed by atoms with Crippen LogP contribution in [0.4, 0.5) is 11.4 Å². The summed E-state index contributed by atoms with van der Waals surface area (Å²) in [5.74, 6) is 1.37. The maximum Gasteiger partial charge on any atom is 0.344 e. The van der Waals surface area contributed by atoms with E-state index in [1.807, 2.05) is 43.3 Å². The zero-order chi connectivity index (χ0) is 37.3. The molecule has 1 aliphatic heterocycles. The van der Waals surface area contributed by atoms with Crippen molar-refractivity contribution in [3.8, 4) is 11.5 Å². The molecule has 0 aliphatic carbocycles. The Morgan fingerprint density at radius 3 is 1.78 bits per heavy atom. The lowest BCUT2D eigenvalue weighted by molar-refractivity contribution is 0.419. The fraction of sp³-hybridized carbons (Fsp3) is 0.176. The Labute approximate surface area is 327 Å².